The molecule has 0 aliphatic rings. The first-order valence-corrected chi connectivity index (χ1v) is 7.47. The monoisotopic (exact) mass is 342 g/mol. The van der Waals surface area contributed by atoms with E-state index in [1.807, 2.05) is 13.0 Å². The highest BCUT2D eigenvalue weighted by atomic mass is 79.9. The summed E-state index contributed by atoms with van der Waals surface area (Å²) in [5.74, 6) is 1.75. The van der Waals surface area contributed by atoms with Gasteiger partial charge >= 0.3 is 0 Å². The molecule has 0 amide bonds. The quantitative estimate of drug-likeness (QED) is 0.843. The van der Waals surface area contributed by atoms with Crippen LogP contribution in [-0.4, -0.2) is 16.6 Å². The van der Waals surface area contributed by atoms with E-state index in [1.54, 1.807) is 17.4 Å². The van der Waals surface area contributed by atoms with E-state index in [1.165, 1.54) is 4.88 Å². The summed E-state index contributed by atoms with van der Waals surface area (Å²) >= 11 is 5.12. The lowest BCUT2D eigenvalue weighted by molar-refractivity contribution is 0.128. The molecule has 0 unspecified atom stereocenters. The van der Waals surface area contributed by atoms with Gasteiger partial charge in [-0.1, -0.05) is 0 Å². The molecule has 3 N–H and O–H groups in total. The summed E-state index contributed by atoms with van der Waals surface area (Å²) in [6.07, 6.45) is 0. The second-order valence-electron chi connectivity index (χ2n) is 3.79. The number of rotatable bonds is 6. The van der Waals surface area contributed by atoms with Gasteiger partial charge in [0.25, 0.3) is 0 Å². The highest BCUT2D eigenvalue weighted by Crippen LogP contribution is 2.22. The Morgan fingerprint density at radius 2 is 2.26 bits per heavy atom. The van der Waals surface area contributed by atoms with Gasteiger partial charge in [-0.05, 0) is 35.0 Å². The smallest absolute Gasteiger partial charge is 0.158 e. The van der Waals surface area contributed by atoms with Gasteiger partial charge < -0.3 is 15.8 Å². The van der Waals surface area contributed by atoms with Gasteiger partial charge in [0, 0.05) is 17.6 Å². The molecule has 0 bridgehead atoms. The SMILES string of the molecule is CCOCc1nc(N)cc(NCc2ccc(Br)s2)n1. The summed E-state index contributed by atoms with van der Waals surface area (Å²) in [4.78, 5) is 9.70. The van der Waals surface area contributed by atoms with Crippen molar-refractivity contribution in [1.82, 2.24) is 9.97 Å². The third-order valence-corrected chi connectivity index (χ3v) is 3.92. The number of nitrogen functional groups attached to an aromatic ring is 1. The van der Waals surface area contributed by atoms with Gasteiger partial charge in [0.15, 0.2) is 5.82 Å². The first kappa shape index (κ1) is 14.2. The summed E-state index contributed by atoms with van der Waals surface area (Å²) in [5, 5.41) is 3.23. The van der Waals surface area contributed by atoms with Gasteiger partial charge in [-0.25, -0.2) is 9.97 Å². The van der Waals surface area contributed by atoms with Crippen LogP contribution in [0.2, 0.25) is 0 Å². The Morgan fingerprint density at radius 1 is 1.42 bits per heavy atom. The van der Waals surface area contributed by atoms with Crippen molar-refractivity contribution in [3.05, 3.63) is 32.7 Å². The number of halogens is 1. The molecular formula is C12H15BrN4OS. The molecule has 0 saturated carbocycles. The molecule has 0 aliphatic heterocycles. The zero-order valence-electron chi connectivity index (χ0n) is 10.5. The van der Waals surface area contributed by atoms with E-state index in [9.17, 15) is 0 Å². The summed E-state index contributed by atoms with van der Waals surface area (Å²) in [5.41, 5.74) is 5.75. The largest absolute Gasteiger partial charge is 0.384 e. The van der Waals surface area contributed by atoms with Crippen molar-refractivity contribution < 1.29 is 4.74 Å². The normalized spacial score (nSPS) is 10.6. The van der Waals surface area contributed by atoms with Crippen LogP contribution in [0, 0.1) is 0 Å². The molecule has 102 valence electrons. The van der Waals surface area contributed by atoms with Crippen molar-refractivity contribution in [3.63, 3.8) is 0 Å². The van der Waals surface area contributed by atoms with Crippen molar-refractivity contribution in [1.29, 1.82) is 0 Å². The summed E-state index contributed by atoms with van der Waals surface area (Å²) in [6, 6.07) is 5.81. The molecular weight excluding hydrogens is 328 g/mol. The van der Waals surface area contributed by atoms with Gasteiger partial charge in [0.1, 0.15) is 18.2 Å². The van der Waals surface area contributed by atoms with Crippen LogP contribution in [0.15, 0.2) is 22.0 Å². The van der Waals surface area contributed by atoms with Crippen LogP contribution in [0.1, 0.15) is 17.6 Å². The van der Waals surface area contributed by atoms with Gasteiger partial charge in [0.2, 0.25) is 0 Å². The Bertz CT molecular complexity index is 546. The van der Waals surface area contributed by atoms with Crippen LogP contribution in [0.3, 0.4) is 0 Å². The lowest BCUT2D eigenvalue weighted by Gasteiger charge is -2.07. The van der Waals surface area contributed by atoms with E-state index < -0.39 is 0 Å². The maximum absolute atomic E-state index is 5.75. The van der Waals surface area contributed by atoms with E-state index in [0.29, 0.717) is 37.2 Å². The standard InChI is InChI=1S/C12H15BrN4OS/c1-2-18-7-12-16-10(14)5-11(17-12)15-6-8-3-4-9(13)19-8/h3-5H,2,6-7H2,1H3,(H3,14,15,16,17). The van der Waals surface area contributed by atoms with Crippen molar-refractivity contribution in [2.24, 2.45) is 0 Å². The fourth-order valence-corrected chi connectivity index (χ4v) is 2.91. The number of thiophene rings is 1. The molecule has 2 heterocycles. The lowest BCUT2D eigenvalue weighted by Crippen LogP contribution is -2.07. The predicted molar refractivity (Wildman–Crippen MR) is 81.1 cm³/mol. The molecule has 0 radical (unpaired) electrons. The van der Waals surface area contributed by atoms with E-state index in [4.69, 9.17) is 10.5 Å². The minimum Gasteiger partial charge on any atom is -0.384 e. The lowest BCUT2D eigenvalue weighted by atomic mass is 10.4. The van der Waals surface area contributed by atoms with Crippen LogP contribution >= 0.6 is 27.3 Å². The minimum atomic E-state index is 0.376. The molecule has 0 saturated heterocycles. The number of aromatic nitrogens is 2. The summed E-state index contributed by atoms with van der Waals surface area (Å²) in [7, 11) is 0. The zero-order valence-corrected chi connectivity index (χ0v) is 12.9. The van der Waals surface area contributed by atoms with E-state index in [2.05, 4.69) is 37.3 Å². The highest BCUT2D eigenvalue weighted by molar-refractivity contribution is 9.11. The van der Waals surface area contributed by atoms with Crippen LogP contribution in [0.5, 0.6) is 0 Å². The second kappa shape index (κ2) is 6.83. The number of hydrogen-bond acceptors (Lipinski definition) is 6. The Balaban J connectivity index is 2.01. The predicted octanol–water partition coefficient (Wildman–Crippen LogP) is 3.03. The van der Waals surface area contributed by atoms with Crippen molar-refractivity contribution in [3.8, 4) is 0 Å². The number of nitrogens with one attached hydrogen (secondary N) is 1. The molecule has 2 aromatic heterocycles. The van der Waals surface area contributed by atoms with E-state index in [0.717, 1.165) is 3.79 Å². The third-order valence-electron chi connectivity index (χ3n) is 2.30. The summed E-state index contributed by atoms with van der Waals surface area (Å²) in [6.45, 7) is 3.64. The number of nitrogens with zero attached hydrogens (tertiary/aromatic N) is 2. The number of anilines is 2. The fourth-order valence-electron chi connectivity index (χ4n) is 1.49. The maximum Gasteiger partial charge on any atom is 0.158 e. The summed E-state index contributed by atoms with van der Waals surface area (Å²) < 4.78 is 6.40. The Labute approximate surface area is 124 Å². The minimum absolute atomic E-state index is 0.376. The topological polar surface area (TPSA) is 73.1 Å². The van der Waals surface area contributed by atoms with Crippen LogP contribution in [0.25, 0.3) is 0 Å². The van der Waals surface area contributed by atoms with Crippen LogP contribution in [-0.2, 0) is 17.9 Å². The number of ether oxygens (including phenoxy) is 1. The molecule has 5 nitrogen and oxygen atoms in total. The number of hydrogen-bond donors (Lipinski definition) is 2. The average molecular weight is 343 g/mol. The Morgan fingerprint density at radius 3 is 2.95 bits per heavy atom. The van der Waals surface area contributed by atoms with Crippen molar-refractivity contribution in [2.75, 3.05) is 17.7 Å². The van der Waals surface area contributed by atoms with Gasteiger partial charge in [0.05, 0.1) is 10.3 Å². The number of nitrogens with two attached hydrogens (primary N) is 1. The van der Waals surface area contributed by atoms with Gasteiger partial charge in [-0.2, -0.15) is 0 Å². The van der Waals surface area contributed by atoms with Gasteiger partial charge in [-0.15, -0.1) is 11.3 Å². The molecule has 0 fully saturated rings. The molecule has 2 rings (SSSR count). The molecule has 2 aromatic rings. The van der Waals surface area contributed by atoms with Crippen LogP contribution in [0.4, 0.5) is 11.6 Å². The van der Waals surface area contributed by atoms with Crippen molar-refractivity contribution in [2.45, 2.75) is 20.1 Å². The highest BCUT2D eigenvalue weighted by Gasteiger charge is 2.04. The first-order valence-electron chi connectivity index (χ1n) is 5.86. The van der Waals surface area contributed by atoms with Crippen molar-refractivity contribution >= 4 is 38.9 Å². The molecule has 19 heavy (non-hydrogen) atoms. The third kappa shape index (κ3) is 4.45. The Hall–Kier alpha value is -1.18. The molecule has 0 spiro atoms. The molecule has 0 atom stereocenters. The maximum atomic E-state index is 5.75. The fraction of sp³-hybridized carbons (Fsp3) is 0.333. The average Bonchev–Trinajstić information content (AvgIpc) is 2.79. The second-order valence-corrected chi connectivity index (χ2v) is 6.34. The van der Waals surface area contributed by atoms with E-state index >= 15 is 0 Å². The van der Waals surface area contributed by atoms with E-state index in [-0.39, 0.29) is 0 Å². The first-order chi connectivity index (χ1) is 9.17. The molecule has 0 aromatic carbocycles. The van der Waals surface area contributed by atoms with Crippen LogP contribution < -0.4 is 11.1 Å². The Kier molecular flexibility index (Phi) is 5.12. The zero-order chi connectivity index (χ0) is 13.7. The molecule has 7 heteroatoms. The molecule has 0 aliphatic carbocycles. The van der Waals surface area contributed by atoms with Gasteiger partial charge in [-0.3, -0.25) is 0 Å².